The summed E-state index contributed by atoms with van der Waals surface area (Å²) < 4.78 is 15.6. The highest BCUT2D eigenvalue weighted by molar-refractivity contribution is 4.90. The van der Waals surface area contributed by atoms with E-state index in [9.17, 15) is 25.5 Å². The highest BCUT2D eigenvalue weighted by Crippen LogP contribution is 2.27. The molecule has 0 aromatic rings. The van der Waals surface area contributed by atoms with Gasteiger partial charge in [0, 0.05) is 6.42 Å². The first-order valence-corrected chi connectivity index (χ1v) is 6.97. The number of aliphatic hydroxyl groups is 7. The van der Waals surface area contributed by atoms with Gasteiger partial charge < -0.3 is 50.0 Å². The second-order valence-electron chi connectivity index (χ2n) is 5.44. The third-order valence-corrected chi connectivity index (χ3v) is 3.82. The van der Waals surface area contributed by atoms with Gasteiger partial charge in [-0.1, -0.05) is 0 Å². The fourth-order valence-electron chi connectivity index (χ4n) is 2.46. The minimum Gasteiger partial charge on any atom is -0.394 e. The zero-order valence-electron chi connectivity index (χ0n) is 11.7. The largest absolute Gasteiger partial charge is 0.394 e. The Morgan fingerprint density at radius 1 is 0.773 bits per heavy atom. The van der Waals surface area contributed by atoms with Crippen molar-refractivity contribution in [1.29, 1.82) is 0 Å². The summed E-state index contributed by atoms with van der Waals surface area (Å²) in [5, 5.41) is 66.8. The Labute approximate surface area is 126 Å². The van der Waals surface area contributed by atoms with Gasteiger partial charge >= 0.3 is 0 Å². The standard InChI is InChI=1S/C12H22O10/c13-2-4-1-5(15)7(16)11(20-4)22-12-10(19)9(18)8(17)6(3-14)21-12/h4-19H,1-3H2/t4-,5-,6+,7-,8+,9-,10-,11+,12+/m0/s1. The molecule has 2 rings (SSSR count). The zero-order valence-corrected chi connectivity index (χ0v) is 11.7. The molecule has 0 amide bonds. The summed E-state index contributed by atoms with van der Waals surface area (Å²) in [5.74, 6) is 0. The topological polar surface area (TPSA) is 169 Å². The van der Waals surface area contributed by atoms with Crippen LogP contribution in [0.1, 0.15) is 6.42 Å². The molecule has 2 aliphatic rings. The van der Waals surface area contributed by atoms with Gasteiger partial charge in [0.25, 0.3) is 0 Å². The Balaban J connectivity index is 2.04. The van der Waals surface area contributed by atoms with Crippen LogP contribution in [0.2, 0.25) is 0 Å². The monoisotopic (exact) mass is 326 g/mol. The summed E-state index contributed by atoms with van der Waals surface area (Å²) in [5.41, 5.74) is 0. The molecular weight excluding hydrogens is 304 g/mol. The van der Waals surface area contributed by atoms with Crippen LogP contribution >= 0.6 is 0 Å². The van der Waals surface area contributed by atoms with Gasteiger partial charge in [0.2, 0.25) is 0 Å². The molecule has 10 heteroatoms. The number of aliphatic hydroxyl groups excluding tert-OH is 7. The first kappa shape index (κ1) is 17.9. The number of ether oxygens (including phenoxy) is 3. The van der Waals surface area contributed by atoms with Crippen LogP contribution in [0, 0.1) is 0 Å². The van der Waals surface area contributed by atoms with Crippen molar-refractivity contribution >= 4 is 0 Å². The molecule has 0 aromatic carbocycles. The van der Waals surface area contributed by atoms with Gasteiger partial charge in [0.15, 0.2) is 12.6 Å². The molecule has 130 valence electrons. The van der Waals surface area contributed by atoms with Gasteiger partial charge in [-0.25, -0.2) is 0 Å². The van der Waals surface area contributed by atoms with E-state index in [0.717, 1.165) is 0 Å². The molecule has 0 radical (unpaired) electrons. The smallest absolute Gasteiger partial charge is 0.189 e. The average Bonchev–Trinajstić information content (AvgIpc) is 2.51. The summed E-state index contributed by atoms with van der Waals surface area (Å²) in [6, 6.07) is 0. The lowest BCUT2D eigenvalue weighted by atomic mass is 9.99. The van der Waals surface area contributed by atoms with Crippen molar-refractivity contribution in [3.8, 4) is 0 Å². The highest BCUT2D eigenvalue weighted by Gasteiger charge is 2.47. The van der Waals surface area contributed by atoms with E-state index in [1.807, 2.05) is 0 Å². The molecule has 22 heavy (non-hydrogen) atoms. The van der Waals surface area contributed by atoms with Crippen molar-refractivity contribution in [3.63, 3.8) is 0 Å². The maximum absolute atomic E-state index is 9.84. The van der Waals surface area contributed by atoms with Crippen molar-refractivity contribution in [1.82, 2.24) is 0 Å². The predicted octanol–water partition coefficient (Wildman–Crippen LogP) is -4.37. The van der Waals surface area contributed by atoms with Crippen molar-refractivity contribution < 1.29 is 50.0 Å². The van der Waals surface area contributed by atoms with E-state index in [2.05, 4.69) is 0 Å². The second-order valence-corrected chi connectivity index (χ2v) is 5.44. The van der Waals surface area contributed by atoms with Crippen LogP contribution in [0.15, 0.2) is 0 Å². The molecule has 9 atom stereocenters. The van der Waals surface area contributed by atoms with Crippen molar-refractivity contribution in [2.24, 2.45) is 0 Å². The lowest BCUT2D eigenvalue weighted by Crippen LogP contribution is -2.61. The molecule has 10 nitrogen and oxygen atoms in total. The van der Waals surface area contributed by atoms with Gasteiger partial charge in [0.1, 0.15) is 30.5 Å². The normalized spacial score (nSPS) is 50.0. The van der Waals surface area contributed by atoms with Gasteiger partial charge in [-0.05, 0) is 0 Å². The number of hydrogen-bond acceptors (Lipinski definition) is 10. The Bertz CT molecular complexity index is 353. The van der Waals surface area contributed by atoms with E-state index in [-0.39, 0.29) is 6.42 Å². The molecule has 0 bridgehead atoms. The zero-order chi connectivity index (χ0) is 16.4. The molecule has 0 aromatic heterocycles. The minimum absolute atomic E-state index is 0.00616. The van der Waals surface area contributed by atoms with E-state index in [0.29, 0.717) is 0 Å². The average molecular weight is 326 g/mol. The van der Waals surface area contributed by atoms with Crippen LogP contribution in [0.5, 0.6) is 0 Å². The lowest BCUT2D eigenvalue weighted by Gasteiger charge is -2.43. The Morgan fingerprint density at radius 2 is 1.41 bits per heavy atom. The first-order valence-electron chi connectivity index (χ1n) is 6.97. The molecule has 7 N–H and O–H groups in total. The predicted molar refractivity (Wildman–Crippen MR) is 67.2 cm³/mol. The molecule has 0 unspecified atom stereocenters. The number of rotatable bonds is 4. The van der Waals surface area contributed by atoms with Gasteiger partial charge in [-0.15, -0.1) is 0 Å². The molecule has 2 aliphatic heterocycles. The van der Waals surface area contributed by atoms with E-state index in [1.165, 1.54) is 0 Å². The van der Waals surface area contributed by atoms with Crippen LogP contribution in [0.3, 0.4) is 0 Å². The van der Waals surface area contributed by atoms with Crippen LogP contribution in [0.4, 0.5) is 0 Å². The molecule has 2 saturated heterocycles. The fourth-order valence-corrected chi connectivity index (χ4v) is 2.46. The maximum atomic E-state index is 9.84. The second kappa shape index (κ2) is 7.45. The Kier molecular flexibility index (Phi) is 6.07. The van der Waals surface area contributed by atoms with Crippen LogP contribution in [-0.4, -0.2) is 104 Å². The molecule has 0 spiro atoms. The maximum Gasteiger partial charge on any atom is 0.189 e. The summed E-state index contributed by atoms with van der Waals surface area (Å²) >= 11 is 0. The molecular formula is C12H22O10. The third-order valence-electron chi connectivity index (χ3n) is 3.82. The van der Waals surface area contributed by atoms with E-state index >= 15 is 0 Å². The molecule has 2 fully saturated rings. The van der Waals surface area contributed by atoms with Crippen molar-refractivity contribution in [2.75, 3.05) is 13.2 Å². The van der Waals surface area contributed by atoms with Gasteiger partial charge in [-0.2, -0.15) is 0 Å². The number of hydrogen-bond donors (Lipinski definition) is 7. The molecule has 0 saturated carbocycles. The SMILES string of the molecule is OC[C@@H]1C[C@H](O)[C@H](O)[C@@H](O[C@H]2O[C@H](CO)[C@@H](O)[C@H](O)[C@@H]2O)O1. The van der Waals surface area contributed by atoms with Gasteiger partial charge in [-0.3, -0.25) is 0 Å². The first-order chi connectivity index (χ1) is 10.4. The summed E-state index contributed by atoms with van der Waals surface area (Å²) in [7, 11) is 0. The van der Waals surface area contributed by atoms with Crippen molar-refractivity contribution in [2.45, 2.75) is 61.7 Å². The minimum atomic E-state index is -1.65. The lowest BCUT2D eigenvalue weighted by molar-refractivity contribution is -0.367. The quantitative estimate of drug-likeness (QED) is 0.268. The van der Waals surface area contributed by atoms with E-state index in [4.69, 9.17) is 24.4 Å². The Hall–Kier alpha value is -0.400. The molecule has 0 aliphatic carbocycles. The summed E-state index contributed by atoms with van der Waals surface area (Å²) in [4.78, 5) is 0. The van der Waals surface area contributed by atoms with E-state index < -0.39 is 68.5 Å². The summed E-state index contributed by atoms with van der Waals surface area (Å²) in [6.07, 6.45) is -12.3. The van der Waals surface area contributed by atoms with Crippen LogP contribution < -0.4 is 0 Å². The van der Waals surface area contributed by atoms with Crippen molar-refractivity contribution in [3.05, 3.63) is 0 Å². The van der Waals surface area contributed by atoms with Crippen LogP contribution in [0.25, 0.3) is 0 Å². The fraction of sp³-hybridized carbons (Fsp3) is 1.00. The Morgan fingerprint density at radius 3 is 2.00 bits per heavy atom. The molecule has 2 heterocycles. The third kappa shape index (κ3) is 3.57. The van der Waals surface area contributed by atoms with E-state index in [1.54, 1.807) is 0 Å². The van der Waals surface area contributed by atoms with Gasteiger partial charge in [0.05, 0.1) is 25.4 Å². The highest BCUT2D eigenvalue weighted by atomic mass is 16.8. The summed E-state index contributed by atoms with van der Waals surface area (Å²) in [6.45, 7) is -1.03. The van der Waals surface area contributed by atoms with Crippen LogP contribution in [-0.2, 0) is 14.2 Å².